The van der Waals surface area contributed by atoms with Crippen molar-refractivity contribution in [2.45, 2.75) is 32.4 Å². The number of nitrogens with zero attached hydrogens (tertiary/aromatic N) is 3. The number of hydrogen-bond donors (Lipinski definition) is 1. The first-order valence-corrected chi connectivity index (χ1v) is 10.8. The summed E-state index contributed by atoms with van der Waals surface area (Å²) in [6.45, 7) is 3.87. The molecular weight excluding hydrogens is 435 g/mol. The van der Waals surface area contributed by atoms with Gasteiger partial charge in [0.1, 0.15) is 23.2 Å². The highest BCUT2D eigenvalue weighted by Gasteiger charge is 2.60. The van der Waals surface area contributed by atoms with E-state index in [2.05, 4.69) is 0 Å². The molecule has 3 aromatic rings. The number of para-hydroxylation sites is 1. The van der Waals surface area contributed by atoms with Crippen LogP contribution in [0.1, 0.15) is 29.3 Å². The maximum absolute atomic E-state index is 14.5. The number of carbonyl (C=O) groups excluding carboxylic acids is 1. The molecule has 2 aliphatic heterocycles. The van der Waals surface area contributed by atoms with Gasteiger partial charge in [0.2, 0.25) is 11.8 Å². The summed E-state index contributed by atoms with van der Waals surface area (Å²) in [6.07, 6.45) is 0. The van der Waals surface area contributed by atoms with E-state index >= 15 is 0 Å². The molecule has 1 amide bonds. The number of anilines is 1. The first-order valence-electron chi connectivity index (χ1n) is 10.8. The lowest BCUT2D eigenvalue weighted by Crippen LogP contribution is -2.49. The molecule has 0 saturated carbocycles. The molecule has 1 atom stereocenters. The van der Waals surface area contributed by atoms with E-state index in [1.54, 1.807) is 55.5 Å². The number of benzene rings is 2. The Hall–Kier alpha value is -4.38. The molecule has 0 bridgehead atoms. The van der Waals surface area contributed by atoms with Crippen LogP contribution in [-0.4, -0.2) is 10.5 Å². The van der Waals surface area contributed by atoms with Gasteiger partial charge in [0.15, 0.2) is 5.41 Å². The van der Waals surface area contributed by atoms with Gasteiger partial charge in [0.05, 0.1) is 12.1 Å². The number of fused-ring (bicyclic) bond motifs is 4. The third kappa shape index (κ3) is 2.67. The van der Waals surface area contributed by atoms with E-state index in [0.717, 1.165) is 0 Å². The summed E-state index contributed by atoms with van der Waals surface area (Å²) in [7, 11) is 0. The van der Waals surface area contributed by atoms with Crippen molar-refractivity contribution in [2.24, 2.45) is 5.73 Å². The summed E-state index contributed by atoms with van der Waals surface area (Å²) in [5, 5.41) is 10.1. The van der Waals surface area contributed by atoms with Gasteiger partial charge < -0.3 is 19.9 Å². The molecule has 1 spiro atoms. The normalized spacial score (nSPS) is 18.5. The van der Waals surface area contributed by atoms with Crippen molar-refractivity contribution in [1.29, 1.82) is 5.26 Å². The molecule has 0 fully saturated rings. The molecule has 7 nitrogen and oxygen atoms in total. The summed E-state index contributed by atoms with van der Waals surface area (Å²) >= 11 is 0. The molecule has 2 N–H and O–H groups in total. The Morgan fingerprint density at radius 1 is 1.15 bits per heavy atom. The molecule has 2 aliphatic rings. The number of amides is 1. The lowest BCUT2D eigenvalue weighted by atomic mass is 9.69. The standard InChI is InChI=1S/C26H21FN4O3/c1-3-30-15(2)12-21-22(24(30)32)26(18(13-28)23(29)34-21)17-9-5-7-11-20(17)31(25(26)33)14-16-8-4-6-10-19(16)27/h4-12H,3,14,29H2,1-2H3. The fourth-order valence-electron chi connectivity index (χ4n) is 5.07. The Kier molecular flexibility index (Phi) is 4.79. The minimum Gasteiger partial charge on any atom is -0.440 e. The smallest absolute Gasteiger partial charge is 0.259 e. The molecule has 34 heavy (non-hydrogen) atoms. The number of pyridine rings is 1. The molecule has 3 heterocycles. The van der Waals surface area contributed by atoms with Crippen LogP contribution in [0, 0.1) is 24.1 Å². The van der Waals surface area contributed by atoms with E-state index in [0.29, 0.717) is 29.1 Å². The molecule has 1 aromatic heterocycles. The molecule has 8 heteroatoms. The summed E-state index contributed by atoms with van der Waals surface area (Å²) in [6, 6.07) is 16.8. The average Bonchev–Trinajstić information content (AvgIpc) is 3.04. The lowest BCUT2D eigenvalue weighted by molar-refractivity contribution is -0.121. The Balaban J connectivity index is 1.86. The first kappa shape index (κ1) is 21.5. The van der Waals surface area contributed by atoms with E-state index in [9.17, 15) is 19.2 Å². The molecule has 5 rings (SSSR count). The van der Waals surface area contributed by atoms with Crippen LogP contribution >= 0.6 is 0 Å². The zero-order chi connectivity index (χ0) is 24.2. The molecule has 0 aliphatic carbocycles. The highest BCUT2D eigenvalue weighted by Crippen LogP contribution is 2.54. The van der Waals surface area contributed by atoms with Crippen molar-refractivity contribution in [3.05, 3.63) is 105 Å². The van der Waals surface area contributed by atoms with Crippen molar-refractivity contribution >= 4 is 11.6 Å². The van der Waals surface area contributed by atoms with E-state index < -0.39 is 22.7 Å². The third-order valence-electron chi connectivity index (χ3n) is 6.57. The van der Waals surface area contributed by atoms with Crippen molar-refractivity contribution in [2.75, 3.05) is 4.90 Å². The van der Waals surface area contributed by atoms with Gasteiger partial charge in [0, 0.05) is 35.1 Å². The Morgan fingerprint density at radius 2 is 1.85 bits per heavy atom. The van der Waals surface area contributed by atoms with Crippen LogP contribution in [-0.2, 0) is 23.3 Å². The first-order chi connectivity index (χ1) is 16.4. The van der Waals surface area contributed by atoms with Crippen molar-refractivity contribution in [1.82, 2.24) is 4.57 Å². The van der Waals surface area contributed by atoms with Gasteiger partial charge in [-0.3, -0.25) is 9.59 Å². The number of rotatable bonds is 3. The molecule has 2 aromatic carbocycles. The van der Waals surface area contributed by atoms with Gasteiger partial charge >= 0.3 is 0 Å². The second-order valence-corrected chi connectivity index (χ2v) is 8.28. The summed E-state index contributed by atoms with van der Waals surface area (Å²) in [5.74, 6) is -1.11. The summed E-state index contributed by atoms with van der Waals surface area (Å²) in [5.41, 5.74) is 5.67. The molecule has 1 unspecified atom stereocenters. The van der Waals surface area contributed by atoms with E-state index in [1.807, 2.05) is 13.0 Å². The van der Waals surface area contributed by atoms with Crippen LogP contribution in [0.4, 0.5) is 10.1 Å². The van der Waals surface area contributed by atoms with E-state index in [4.69, 9.17) is 10.5 Å². The highest BCUT2D eigenvalue weighted by atomic mass is 19.1. The zero-order valence-corrected chi connectivity index (χ0v) is 18.6. The molecule has 170 valence electrons. The van der Waals surface area contributed by atoms with Gasteiger partial charge in [-0.05, 0) is 26.0 Å². The number of ether oxygens (including phenoxy) is 1. The maximum atomic E-state index is 14.5. The number of hydrogen-bond acceptors (Lipinski definition) is 5. The highest BCUT2D eigenvalue weighted by molar-refractivity contribution is 6.14. The van der Waals surface area contributed by atoms with Gasteiger partial charge in [-0.2, -0.15) is 5.26 Å². The van der Waals surface area contributed by atoms with Crippen LogP contribution in [0.15, 0.2) is 70.8 Å². The Labute approximate surface area is 195 Å². The fraction of sp³-hybridized carbons (Fsp3) is 0.192. The number of nitriles is 1. The SMILES string of the molecule is CCn1c(C)cc2c(c1=O)C1(C(=O)N(Cc3ccccc3F)c3ccccc31)C(C#N)=C(N)O2. The number of carbonyl (C=O) groups is 1. The number of halogens is 1. The van der Waals surface area contributed by atoms with Gasteiger partial charge in [-0.25, -0.2) is 4.39 Å². The molecular formula is C26H21FN4O3. The predicted molar refractivity (Wildman–Crippen MR) is 123 cm³/mol. The van der Waals surface area contributed by atoms with Crippen molar-refractivity contribution < 1.29 is 13.9 Å². The van der Waals surface area contributed by atoms with Gasteiger partial charge in [-0.15, -0.1) is 0 Å². The minimum atomic E-state index is -1.80. The van der Waals surface area contributed by atoms with Crippen molar-refractivity contribution in [3.8, 4) is 11.8 Å². The topological polar surface area (TPSA) is 101 Å². The number of nitrogens with two attached hydrogens (primary N) is 1. The second-order valence-electron chi connectivity index (χ2n) is 8.28. The zero-order valence-electron chi connectivity index (χ0n) is 18.6. The van der Waals surface area contributed by atoms with Crippen LogP contribution in [0.3, 0.4) is 0 Å². The maximum Gasteiger partial charge on any atom is 0.259 e. The Bertz CT molecular complexity index is 1500. The molecule has 0 saturated heterocycles. The average molecular weight is 456 g/mol. The van der Waals surface area contributed by atoms with Crippen molar-refractivity contribution in [3.63, 3.8) is 0 Å². The molecule has 0 radical (unpaired) electrons. The van der Waals surface area contributed by atoms with Crippen LogP contribution in [0.25, 0.3) is 0 Å². The second kappa shape index (κ2) is 7.59. The fourth-order valence-corrected chi connectivity index (χ4v) is 5.07. The third-order valence-corrected chi connectivity index (χ3v) is 6.57. The van der Waals surface area contributed by atoms with Crippen LogP contribution in [0.5, 0.6) is 5.75 Å². The Morgan fingerprint density at radius 3 is 2.56 bits per heavy atom. The largest absolute Gasteiger partial charge is 0.440 e. The minimum absolute atomic E-state index is 0.0409. The van der Waals surface area contributed by atoms with E-state index in [-0.39, 0.29) is 29.3 Å². The number of aryl methyl sites for hydroxylation is 1. The quantitative estimate of drug-likeness (QED) is 0.652. The summed E-state index contributed by atoms with van der Waals surface area (Å²) in [4.78, 5) is 29.5. The summed E-state index contributed by atoms with van der Waals surface area (Å²) < 4.78 is 21.8. The van der Waals surface area contributed by atoms with Crippen LogP contribution < -0.4 is 20.9 Å². The predicted octanol–water partition coefficient (Wildman–Crippen LogP) is 3.23. The van der Waals surface area contributed by atoms with E-state index in [1.165, 1.54) is 15.5 Å². The lowest BCUT2D eigenvalue weighted by Gasteiger charge is -2.34. The van der Waals surface area contributed by atoms with Gasteiger partial charge in [0.25, 0.3) is 5.56 Å². The van der Waals surface area contributed by atoms with Crippen LogP contribution in [0.2, 0.25) is 0 Å². The van der Waals surface area contributed by atoms with Gasteiger partial charge in [-0.1, -0.05) is 36.4 Å². The monoisotopic (exact) mass is 456 g/mol. The number of aromatic nitrogens is 1.